The van der Waals surface area contributed by atoms with Crippen molar-refractivity contribution in [3.8, 4) is 0 Å². The third-order valence-corrected chi connectivity index (χ3v) is 3.69. The minimum absolute atomic E-state index is 0.0232. The molecule has 1 aliphatic carbocycles. The van der Waals surface area contributed by atoms with Gasteiger partial charge in [0.05, 0.1) is 22.8 Å². The summed E-state index contributed by atoms with van der Waals surface area (Å²) < 4.78 is 37.6. The van der Waals surface area contributed by atoms with Crippen LogP contribution in [-0.2, 0) is 11.0 Å². The molecule has 1 N–H and O–H groups in total. The fourth-order valence-electron chi connectivity index (χ4n) is 2.13. The molecule has 0 heterocycles. The van der Waals surface area contributed by atoms with Crippen LogP contribution >= 0.6 is 11.6 Å². The molecule has 1 fully saturated rings. The van der Waals surface area contributed by atoms with Gasteiger partial charge in [0.2, 0.25) is 5.91 Å². The monoisotopic (exact) mass is 320 g/mol. The first-order chi connectivity index (χ1) is 9.82. The van der Waals surface area contributed by atoms with Gasteiger partial charge >= 0.3 is 6.18 Å². The lowest BCUT2D eigenvalue weighted by Gasteiger charge is -2.21. The summed E-state index contributed by atoms with van der Waals surface area (Å²) in [7, 11) is 0. The molecule has 0 aliphatic heterocycles. The van der Waals surface area contributed by atoms with E-state index in [2.05, 4.69) is 5.32 Å². The number of halogens is 4. The summed E-state index contributed by atoms with van der Waals surface area (Å²) in [6.07, 6.45) is -2.40. The molecule has 21 heavy (non-hydrogen) atoms. The molecule has 7 heteroatoms. The average Bonchev–Trinajstić information content (AvgIpc) is 3.21. The fourth-order valence-corrected chi connectivity index (χ4v) is 2.38. The lowest BCUT2D eigenvalue weighted by Crippen LogP contribution is -2.37. The largest absolute Gasteiger partial charge is 0.416 e. The molecule has 0 atom stereocenters. The van der Waals surface area contributed by atoms with Gasteiger partial charge in [0, 0.05) is 12.6 Å². The van der Waals surface area contributed by atoms with Crippen LogP contribution in [0.2, 0.25) is 5.02 Å². The number of benzene rings is 1. The number of hydrogen-bond donors (Lipinski definition) is 1. The van der Waals surface area contributed by atoms with Crippen molar-refractivity contribution in [2.45, 2.75) is 32.0 Å². The highest BCUT2D eigenvalue weighted by Crippen LogP contribution is 2.33. The third-order valence-electron chi connectivity index (χ3n) is 3.38. The van der Waals surface area contributed by atoms with E-state index < -0.39 is 11.7 Å². The molecule has 0 radical (unpaired) electrons. The van der Waals surface area contributed by atoms with Gasteiger partial charge in [0.1, 0.15) is 0 Å². The van der Waals surface area contributed by atoms with E-state index in [0.717, 1.165) is 25.0 Å². The molecule has 3 nitrogen and oxygen atoms in total. The molecule has 0 spiro atoms. The van der Waals surface area contributed by atoms with Crippen molar-refractivity contribution < 1.29 is 18.0 Å². The Bertz CT molecular complexity index is 529. The van der Waals surface area contributed by atoms with Crippen LogP contribution < -0.4 is 5.32 Å². The van der Waals surface area contributed by atoms with Crippen LogP contribution in [0.3, 0.4) is 0 Å². The molecule has 116 valence electrons. The van der Waals surface area contributed by atoms with Crippen molar-refractivity contribution in [2.75, 3.05) is 18.4 Å². The van der Waals surface area contributed by atoms with Crippen LogP contribution in [-0.4, -0.2) is 29.9 Å². The van der Waals surface area contributed by atoms with E-state index in [9.17, 15) is 18.0 Å². The zero-order chi connectivity index (χ0) is 15.6. The lowest BCUT2D eigenvalue weighted by atomic mass is 10.2. The van der Waals surface area contributed by atoms with Crippen LogP contribution in [0, 0.1) is 0 Å². The number of nitrogens with zero attached hydrogens (tertiary/aromatic N) is 1. The SMILES string of the molecule is CCN(C(=O)CNc1ccc(C(F)(F)F)cc1Cl)C1CC1. The van der Waals surface area contributed by atoms with Crippen molar-refractivity contribution in [3.63, 3.8) is 0 Å². The maximum absolute atomic E-state index is 12.5. The Kier molecular flexibility index (Phi) is 4.66. The molecule has 0 bridgehead atoms. The smallest absolute Gasteiger partial charge is 0.375 e. The van der Waals surface area contributed by atoms with Gasteiger partial charge in [0.15, 0.2) is 0 Å². The molecule has 0 unspecified atom stereocenters. The van der Waals surface area contributed by atoms with Gasteiger partial charge in [-0.2, -0.15) is 13.2 Å². The summed E-state index contributed by atoms with van der Waals surface area (Å²) in [5.74, 6) is -0.0732. The number of anilines is 1. The first kappa shape index (κ1) is 15.9. The maximum Gasteiger partial charge on any atom is 0.416 e. The highest BCUT2D eigenvalue weighted by atomic mass is 35.5. The number of rotatable bonds is 5. The Hall–Kier alpha value is -1.43. The van der Waals surface area contributed by atoms with Crippen LogP contribution in [0.15, 0.2) is 18.2 Å². The third kappa shape index (κ3) is 4.03. The van der Waals surface area contributed by atoms with Gasteiger partial charge in [0.25, 0.3) is 0 Å². The molecule has 1 aliphatic rings. The fraction of sp³-hybridized carbons (Fsp3) is 0.500. The van der Waals surface area contributed by atoms with E-state index in [-0.39, 0.29) is 17.5 Å². The van der Waals surface area contributed by atoms with Crippen molar-refractivity contribution in [2.24, 2.45) is 0 Å². The Labute approximate surface area is 126 Å². The van der Waals surface area contributed by atoms with Gasteiger partial charge in [-0.3, -0.25) is 4.79 Å². The quantitative estimate of drug-likeness (QED) is 0.895. The van der Waals surface area contributed by atoms with E-state index in [1.807, 2.05) is 6.92 Å². The number of alkyl halides is 3. The zero-order valence-corrected chi connectivity index (χ0v) is 12.3. The Morgan fingerprint density at radius 1 is 1.43 bits per heavy atom. The summed E-state index contributed by atoms with van der Waals surface area (Å²) in [4.78, 5) is 13.8. The first-order valence-electron chi connectivity index (χ1n) is 6.73. The van der Waals surface area contributed by atoms with Crippen molar-refractivity contribution in [1.82, 2.24) is 4.90 Å². The lowest BCUT2D eigenvalue weighted by molar-refractivity contribution is -0.137. The number of carbonyl (C=O) groups excluding carboxylic acids is 1. The number of carbonyl (C=O) groups is 1. The molecule has 1 amide bonds. The molecule has 0 aromatic heterocycles. The van der Waals surface area contributed by atoms with Gasteiger partial charge in [-0.05, 0) is 38.0 Å². The van der Waals surface area contributed by atoms with Crippen molar-refractivity contribution in [1.29, 1.82) is 0 Å². The van der Waals surface area contributed by atoms with Gasteiger partial charge < -0.3 is 10.2 Å². The summed E-state index contributed by atoms with van der Waals surface area (Å²) in [6.45, 7) is 2.56. The first-order valence-corrected chi connectivity index (χ1v) is 7.10. The Morgan fingerprint density at radius 2 is 2.10 bits per heavy atom. The molecule has 2 rings (SSSR count). The van der Waals surface area contributed by atoms with Crippen molar-refractivity contribution >= 4 is 23.2 Å². The number of amides is 1. The normalized spacial score (nSPS) is 14.9. The number of nitrogens with one attached hydrogen (secondary N) is 1. The maximum atomic E-state index is 12.5. The van der Waals surface area contributed by atoms with Crippen molar-refractivity contribution in [3.05, 3.63) is 28.8 Å². The molecule has 1 aromatic rings. The second kappa shape index (κ2) is 6.13. The van der Waals surface area contributed by atoms with E-state index in [0.29, 0.717) is 18.3 Å². The summed E-state index contributed by atoms with van der Waals surface area (Å²) >= 11 is 5.82. The molecular weight excluding hydrogens is 305 g/mol. The standard InChI is InChI=1S/C14H16ClF3N2O/c1-2-20(10-4-5-10)13(21)8-19-12-6-3-9(7-11(12)15)14(16,17)18/h3,6-7,10,19H,2,4-5,8H2,1H3. The molecule has 0 saturated heterocycles. The van der Waals surface area contributed by atoms with Crippen LogP contribution in [0.4, 0.5) is 18.9 Å². The highest BCUT2D eigenvalue weighted by Gasteiger charge is 2.32. The van der Waals surface area contributed by atoms with E-state index in [1.165, 1.54) is 6.07 Å². The van der Waals surface area contributed by atoms with E-state index in [1.54, 1.807) is 4.90 Å². The Balaban J connectivity index is 1.98. The molecular formula is C14H16ClF3N2O. The minimum Gasteiger partial charge on any atom is -0.375 e. The predicted molar refractivity (Wildman–Crippen MR) is 75.4 cm³/mol. The molecule has 1 saturated carbocycles. The molecule has 1 aromatic carbocycles. The van der Waals surface area contributed by atoms with Gasteiger partial charge in [-0.25, -0.2) is 0 Å². The number of hydrogen-bond acceptors (Lipinski definition) is 2. The average molecular weight is 321 g/mol. The summed E-state index contributed by atoms with van der Waals surface area (Å²) in [6, 6.07) is 3.35. The van der Waals surface area contributed by atoms with Crippen LogP contribution in [0.1, 0.15) is 25.3 Å². The van der Waals surface area contributed by atoms with Gasteiger partial charge in [-0.1, -0.05) is 11.6 Å². The second-order valence-electron chi connectivity index (χ2n) is 4.96. The van der Waals surface area contributed by atoms with Gasteiger partial charge in [-0.15, -0.1) is 0 Å². The van der Waals surface area contributed by atoms with Crippen LogP contribution in [0.5, 0.6) is 0 Å². The highest BCUT2D eigenvalue weighted by molar-refractivity contribution is 6.33. The zero-order valence-electron chi connectivity index (χ0n) is 11.5. The number of likely N-dealkylation sites (N-methyl/N-ethyl adjacent to an activating group) is 1. The Morgan fingerprint density at radius 3 is 2.57 bits per heavy atom. The topological polar surface area (TPSA) is 32.3 Å². The second-order valence-corrected chi connectivity index (χ2v) is 5.36. The predicted octanol–water partition coefficient (Wildman–Crippen LogP) is 3.78. The minimum atomic E-state index is -4.43. The van der Waals surface area contributed by atoms with Crippen LogP contribution in [0.25, 0.3) is 0 Å². The van der Waals surface area contributed by atoms with E-state index in [4.69, 9.17) is 11.6 Å². The summed E-state index contributed by atoms with van der Waals surface area (Å²) in [5.41, 5.74) is -0.484. The van der Waals surface area contributed by atoms with E-state index >= 15 is 0 Å². The summed E-state index contributed by atoms with van der Waals surface area (Å²) in [5, 5.41) is 2.75.